The highest BCUT2D eigenvalue weighted by Crippen LogP contribution is 2.24. The number of nitrogens with zero attached hydrogens (tertiary/aromatic N) is 2. The summed E-state index contributed by atoms with van der Waals surface area (Å²) in [4.78, 5) is 37.2. The number of aryl methyl sites for hydroxylation is 1. The van der Waals surface area contributed by atoms with Gasteiger partial charge in [0.2, 0.25) is 0 Å². The normalized spacial score (nSPS) is 10.7. The zero-order chi connectivity index (χ0) is 19.0. The largest absolute Gasteiger partial charge is 0.507 e. The number of carbonyl (C=O) groups is 2. The minimum atomic E-state index is -0.627. The summed E-state index contributed by atoms with van der Waals surface area (Å²) < 4.78 is 6.01. The number of benzene rings is 1. The molecule has 3 rings (SSSR count). The first-order valence-corrected chi connectivity index (χ1v) is 7.90. The predicted molar refractivity (Wildman–Crippen MR) is 93.4 cm³/mol. The van der Waals surface area contributed by atoms with E-state index in [0.717, 1.165) is 4.57 Å². The van der Waals surface area contributed by atoms with Crippen molar-refractivity contribution < 1.29 is 19.2 Å². The van der Waals surface area contributed by atoms with Gasteiger partial charge in [-0.3, -0.25) is 19.0 Å². The number of ketones is 2. The monoisotopic (exact) mass is 372 g/mol. The summed E-state index contributed by atoms with van der Waals surface area (Å²) in [6, 6.07) is 6.72. The lowest BCUT2D eigenvalue weighted by atomic mass is 10.0. The van der Waals surface area contributed by atoms with Gasteiger partial charge in [0.1, 0.15) is 11.5 Å². The molecule has 0 amide bonds. The van der Waals surface area contributed by atoms with E-state index in [4.69, 9.17) is 16.1 Å². The first kappa shape index (κ1) is 17.6. The molecular weight excluding hydrogens is 360 g/mol. The summed E-state index contributed by atoms with van der Waals surface area (Å²) in [6.45, 7) is 2.87. The second-order valence-corrected chi connectivity index (χ2v) is 6.10. The van der Waals surface area contributed by atoms with Crippen LogP contribution in [-0.2, 0) is 0 Å². The lowest BCUT2D eigenvalue weighted by Crippen LogP contribution is -2.26. The Morgan fingerprint density at radius 3 is 2.54 bits per heavy atom. The van der Waals surface area contributed by atoms with E-state index < -0.39 is 17.1 Å². The Kier molecular flexibility index (Phi) is 4.48. The quantitative estimate of drug-likeness (QED) is 0.706. The van der Waals surface area contributed by atoms with Gasteiger partial charge in [0.15, 0.2) is 17.4 Å². The molecule has 0 aliphatic heterocycles. The summed E-state index contributed by atoms with van der Waals surface area (Å²) in [5, 5.41) is 14.0. The summed E-state index contributed by atoms with van der Waals surface area (Å²) in [6.07, 6.45) is 1.24. The van der Waals surface area contributed by atoms with Crippen molar-refractivity contribution in [3.05, 3.63) is 74.4 Å². The molecule has 0 spiro atoms. The fourth-order valence-electron chi connectivity index (χ4n) is 2.44. The second-order valence-electron chi connectivity index (χ2n) is 5.66. The number of hydrogen-bond donors (Lipinski definition) is 1. The van der Waals surface area contributed by atoms with Gasteiger partial charge in [-0.15, -0.1) is 0 Å². The summed E-state index contributed by atoms with van der Waals surface area (Å²) >= 11 is 5.89. The topological polar surface area (TPSA) is 102 Å². The molecule has 0 aliphatic rings. The smallest absolute Gasteiger partial charge is 0.267 e. The zero-order valence-electron chi connectivity index (χ0n) is 13.8. The maximum Gasteiger partial charge on any atom is 0.267 e. The molecule has 132 valence electrons. The van der Waals surface area contributed by atoms with Crippen LogP contribution in [0.25, 0.3) is 5.82 Å². The van der Waals surface area contributed by atoms with Crippen LogP contribution < -0.4 is 5.56 Å². The second kappa shape index (κ2) is 6.61. The van der Waals surface area contributed by atoms with Crippen LogP contribution in [0.5, 0.6) is 5.75 Å². The molecule has 8 heteroatoms. The first-order chi connectivity index (χ1) is 12.3. The number of phenols is 1. The Labute approximate surface area is 152 Å². The number of rotatable bonds is 4. The Morgan fingerprint density at radius 2 is 1.92 bits per heavy atom. The number of Topliss-reactive ketones (excluding diaryl/α,β-unsaturated/α-hetero) is 1. The van der Waals surface area contributed by atoms with Gasteiger partial charge in [-0.2, -0.15) is 0 Å². The Bertz CT molecular complexity index is 1100. The summed E-state index contributed by atoms with van der Waals surface area (Å²) in [5.41, 5.74) is -0.836. The molecule has 3 aromatic rings. The molecule has 0 saturated carbocycles. The molecular formula is C18H13ClN2O5. The fourth-order valence-corrected chi connectivity index (χ4v) is 2.61. The van der Waals surface area contributed by atoms with Gasteiger partial charge in [0.05, 0.1) is 11.1 Å². The van der Waals surface area contributed by atoms with E-state index in [-0.39, 0.29) is 33.3 Å². The van der Waals surface area contributed by atoms with Crippen LogP contribution in [0.4, 0.5) is 0 Å². The average Bonchev–Trinajstić information content (AvgIpc) is 3.02. The Hall–Kier alpha value is -3.19. The van der Waals surface area contributed by atoms with Gasteiger partial charge in [-0.05, 0) is 38.1 Å². The van der Waals surface area contributed by atoms with Crippen molar-refractivity contribution in [3.8, 4) is 11.6 Å². The van der Waals surface area contributed by atoms with Crippen molar-refractivity contribution in [2.75, 3.05) is 0 Å². The van der Waals surface area contributed by atoms with E-state index in [9.17, 15) is 19.5 Å². The van der Waals surface area contributed by atoms with E-state index in [2.05, 4.69) is 5.16 Å². The number of halogens is 1. The Balaban J connectivity index is 2.23. The van der Waals surface area contributed by atoms with E-state index in [0.29, 0.717) is 5.76 Å². The van der Waals surface area contributed by atoms with Gasteiger partial charge < -0.3 is 9.63 Å². The van der Waals surface area contributed by atoms with Gasteiger partial charge in [0, 0.05) is 22.8 Å². The van der Waals surface area contributed by atoms with E-state index >= 15 is 0 Å². The van der Waals surface area contributed by atoms with Crippen molar-refractivity contribution in [1.29, 1.82) is 0 Å². The molecule has 2 heterocycles. The Morgan fingerprint density at radius 1 is 1.19 bits per heavy atom. The van der Waals surface area contributed by atoms with Crippen LogP contribution in [0.1, 0.15) is 39.0 Å². The number of phenolic OH excluding ortho intramolecular Hbond substituents is 1. The van der Waals surface area contributed by atoms with Gasteiger partial charge in [-0.25, -0.2) is 0 Å². The lowest BCUT2D eigenvalue weighted by molar-refractivity contribution is 0.101. The van der Waals surface area contributed by atoms with Crippen LogP contribution in [0.15, 0.2) is 45.8 Å². The highest BCUT2D eigenvalue weighted by atomic mass is 35.5. The number of hydrogen-bond acceptors (Lipinski definition) is 6. The number of aromatic nitrogens is 2. The highest BCUT2D eigenvalue weighted by molar-refractivity contribution is 6.31. The summed E-state index contributed by atoms with van der Waals surface area (Å²) in [7, 11) is 0. The molecule has 1 N–H and O–H groups in total. The third-order valence-corrected chi connectivity index (χ3v) is 3.96. The molecule has 0 saturated heterocycles. The minimum Gasteiger partial charge on any atom is -0.507 e. The average molecular weight is 373 g/mol. The van der Waals surface area contributed by atoms with Crippen LogP contribution in [0.3, 0.4) is 0 Å². The molecule has 0 aliphatic carbocycles. The van der Waals surface area contributed by atoms with Crippen LogP contribution in [0, 0.1) is 6.92 Å². The number of pyridine rings is 1. The SMILES string of the molecule is CC(=O)c1cc(C(=O)c2cc(Cl)ccc2O)cn(-c2cc(C)on2)c1=O. The van der Waals surface area contributed by atoms with E-state index in [1.807, 2.05) is 0 Å². The van der Waals surface area contributed by atoms with Gasteiger partial charge in [0.25, 0.3) is 5.56 Å². The first-order valence-electron chi connectivity index (χ1n) is 7.52. The molecule has 0 bridgehead atoms. The maximum absolute atomic E-state index is 12.8. The van der Waals surface area contributed by atoms with Crippen LogP contribution >= 0.6 is 11.6 Å². The standard InChI is InChI=1S/C18H13ClN2O5/c1-9-5-16(20-26-9)21-8-11(6-13(10(2)22)18(21)25)17(24)14-7-12(19)3-4-15(14)23/h3-8,23H,1-2H3. The third kappa shape index (κ3) is 3.16. The van der Waals surface area contributed by atoms with Crippen molar-refractivity contribution >= 4 is 23.2 Å². The van der Waals surface area contributed by atoms with Crippen molar-refractivity contribution in [3.63, 3.8) is 0 Å². The van der Waals surface area contributed by atoms with Gasteiger partial charge >= 0.3 is 0 Å². The van der Waals surface area contributed by atoms with Gasteiger partial charge in [-0.1, -0.05) is 16.8 Å². The zero-order valence-corrected chi connectivity index (χ0v) is 14.6. The lowest BCUT2D eigenvalue weighted by Gasteiger charge is -2.09. The molecule has 0 fully saturated rings. The summed E-state index contributed by atoms with van der Waals surface area (Å²) in [5.74, 6) is -0.769. The van der Waals surface area contributed by atoms with E-state index in [1.165, 1.54) is 43.5 Å². The predicted octanol–water partition coefficient (Wildman–Crippen LogP) is 2.93. The molecule has 7 nitrogen and oxygen atoms in total. The third-order valence-electron chi connectivity index (χ3n) is 3.72. The molecule has 0 radical (unpaired) electrons. The molecule has 0 atom stereocenters. The number of aromatic hydroxyl groups is 1. The molecule has 1 aromatic carbocycles. The van der Waals surface area contributed by atoms with Crippen molar-refractivity contribution in [1.82, 2.24) is 9.72 Å². The van der Waals surface area contributed by atoms with Crippen molar-refractivity contribution in [2.45, 2.75) is 13.8 Å². The fraction of sp³-hybridized carbons (Fsp3) is 0.111. The molecule has 2 aromatic heterocycles. The van der Waals surface area contributed by atoms with Crippen LogP contribution in [-0.4, -0.2) is 26.4 Å². The molecule has 26 heavy (non-hydrogen) atoms. The van der Waals surface area contributed by atoms with Crippen LogP contribution in [0.2, 0.25) is 5.02 Å². The minimum absolute atomic E-state index is 0.0213. The molecule has 0 unspecified atom stereocenters. The highest BCUT2D eigenvalue weighted by Gasteiger charge is 2.20. The maximum atomic E-state index is 12.8. The van der Waals surface area contributed by atoms with E-state index in [1.54, 1.807) is 6.92 Å². The number of carbonyl (C=O) groups excluding carboxylic acids is 2. The van der Waals surface area contributed by atoms with Crippen molar-refractivity contribution in [2.24, 2.45) is 0 Å².